The number of hydrogen-bond acceptors (Lipinski definition) is 3. The molecule has 0 atom stereocenters. The zero-order chi connectivity index (χ0) is 12.3. The van der Waals surface area contributed by atoms with Crippen molar-refractivity contribution in [2.75, 3.05) is 5.75 Å². The Morgan fingerprint density at radius 3 is 2.59 bits per heavy atom. The van der Waals surface area contributed by atoms with Crippen molar-refractivity contribution in [2.24, 2.45) is 0 Å². The van der Waals surface area contributed by atoms with Crippen molar-refractivity contribution in [2.45, 2.75) is 30.7 Å². The highest BCUT2D eigenvalue weighted by atomic mass is 35.5. The van der Waals surface area contributed by atoms with Crippen LogP contribution in [0.15, 0.2) is 24.5 Å². The number of aromatic nitrogens is 1. The van der Waals surface area contributed by atoms with E-state index in [-0.39, 0.29) is 17.2 Å². The summed E-state index contributed by atoms with van der Waals surface area (Å²) in [6.45, 7) is 0. The van der Waals surface area contributed by atoms with E-state index in [1.807, 2.05) is 12.1 Å². The van der Waals surface area contributed by atoms with E-state index >= 15 is 0 Å². The second kappa shape index (κ2) is 5.33. The predicted octanol–water partition coefficient (Wildman–Crippen LogP) is 1.31. The third-order valence-electron chi connectivity index (χ3n) is 2.84. The van der Waals surface area contributed by atoms with Gasteiger partial charge in [0.2, 0.25) is 10.0 Å². The lowest BCUT2D eigenvalue weighted by Crippen LogP contribution is -2.45. The minimum Gasteiger partial charge on any atom is -0.265 e. The Morgan fingerprint density at radius 1 is 1.35 bits per heavy atom. The monoisotopic (exact) mass is 274 g/mol. The Bertz CT molecular complexity index is 458. The molecule has 0 bridgehead atoms. The van der Waals surface area contributed by atoms with Gasteiger partial charge in [-0.15, -0.1) is 11.6 Å². The van der Waals surface area contributed by atoms with E-state index in [0.717, 1.165) is 18.4 Å². The van der Waals surface area contributed by atoms with Crippen LogP contribution in [0.25, 0.3) is 0 Å². The fourth-order valence-electron chi connectivity index (χ4n) is 1.76. The Morgan fingerprint density at radius 2 is 2.00 bits per heavy atom. The van der Waals surface area contributed by atoms with E-state index in [0.29, 0.717) is 6.42 Å². The van der Waals surface area contributed by atoms with Crippen molar-refractivity contribution in [1.29, 1.82) is 0 Å². The molecule has 94 valence electrons. The first-order valence-corrected chi connectivity index (χ1v) is 7.67. The SMILES string of the molecule is O=S(=O)(CCc1ccncc1)NC1CC(Cl)C1. The smallest absolute Gasteiger partial charge is 0.212 e. The molecule has 2 rings (SSSR count). The zero-order valence-electron chi connectivity index (χ0n) is 9.34. The first-order chi connectivity index (χ1) is 8.05. The van der Waals surface area contributed by atoms with Gasteiger partial charge in [0.05, 0.1) is 5.75 Å². The first kappa shape index (κ1) is 12.8. The molecule has 1 N–H and O–H groups in total. The van der Waals surface area contributed by atoms with Gasteiger partial charge in [-0.3, -0.25) is 4.98 Å². The van der Waals surface area contributed by atoms with Gasteiger partial charge in [0.25, 0.3) is 0 Å². The van der Waals surface area contributed by atoms with Crippen LogP contribution in [-0.4, -0.2) is 30.6 Å². The Hall–Kier alpha value is -0.650. The lowest BCUT2D eigenvalue weighted by molar-refractivity contribution is 0.391. The summed E-state index contributed by atoms with van der Waals surface area (Å²) in [6.07, 6.45) is 5.31. The molecule has 0 aliphatic heterocycles. The van der Waals surface area contributed by atoms with Gasteiger partial charge in [-0.2, -0.15) is 0 Å². The molecule has 0 radical (unpaired) electrons. The largest absolute Gasteiger partial charge is 0.265 e. The topological polar surface area (TPSA) is 59.1 Å². The van der Waals surface area contributed by atoms with Crippen molar-refractivity contribution in [3.05, 3.63) is 30.1 Å². The molecular formula is C11H15ClN2O2S. The van der Waals surface area contributed by atoms with Crippen LogP contribution in [0, 0.1) is 0 Å². The molecule has 0 spiro atoms. The number of alkyl halides is 1. The molecule has 1 saturated carbocycles. The summed E-state index contributed by atoms with van der Waals surface area (Å²) in [5, 5.41) is 0.128. The number of nitrogens with one attached hydrogen (secondary N) is 1. The summed E-state index contributed by atoms with van der Waals surface area (Å²) >= 11 is 5.80. The number of halogens is 1. The number of pyridine rings is 1. The molecule has 0 unspecified atom stereocenters. The Kier molecular flexibility index (Phi) is 4.01. The van der Waals surface area contributed by atoms with Crippen LogP contribution in [-0.2, 0) is 16.4 Å². The lowest BCUT2D eigenvalue weighted by Gasteiger charge is -2.31. The predicted molar refractivity (Wildman–Crippen MR) is 67.5 cm³/mol. The average molecular weight is 275 g/mol. The van der Waals surface area contributed by atoms with E-state index in [9.17, 15) is 8.42 Å². The maximum absolute atomic E-state index is 11.7. The highest BCUT2D eigenvalue weighted by molar-refractivity contribution is 7.89. The van der Waals surface area contributed by atoms with Crippen LogP contribution in [0.2, 0.25) is 0 Å². The molecule has 0 amide bonds. The van der Waals surface area contributed by atoms with Gasteiger partial charge >= 0.3 is 0 Å². The Balaban J connectivity index is 1.81. The van der Waals surface area contributed by atoms with Crippen molar-refractivity contribution in [3.8, 4) is 0 Å². The van der Waals surface area contributed by atoms with Crippen LogP contribution in [0.1, 0.15) is 18.4 Å². The number of rotatable bonds is 5. The van der Waals surface area contributed by atoms with Gasteiger partial charge in [-0.05, 0) is 37.0 Å². The molecule has 4 nitrogen and oxygen atoms in total. The number of sulfonamides is 1. The van der Waals surface area contributed by atoms with E-state index in [1.54, 1.807) is 12.4 Å². The highest BCUT2D eigenvalue weighted by Crippen LogP contribution is 2.25. The molecule has 0 saturated heterocycles. The van der Waals surface area contributed by atoms with Crippen molar-refractivity contribution in [1.82, 2.24) is 9.71 Å². The lowest BCUT2D eigenvalue weighted by atomic mass is 9.94. The highest BCUT2D eigenvalue weighted by Gasteiger charge is 2.30. The molecule has 0 aromatic carbocycles. The van der Waals surface area contributed by atoms with Gasteiger partial charge in [0.15, 0.2) is 0 Å². The third kappa shape index (κ3) is 3.94. The molecule has 1 aromatic rings. The molecule has 1 aliphatic carbocycles. The quantitative estimate of drug-likeness (QED) is 0.824. The fourth-order valence-corrected chi connectivity index (χ4v) is 3.51. The van der Waals surface area contributed by atoms with Gasteiger partial charge in [0, 0.05) is 23.8 Å². The maximum Gasteiger partial charge on any atom is 0.212 e. The molecule has 1 aromatic heterocycles. The van der Waals surface area contributed by atoms with E-state index in [1.165, 1.54) is 0 Å². The molecule has 6 heteroatoms. The average Bonchev–Trinajstić information content (AvgIpc) is 2.26. The molecule has 1 heterocycles. The maximum atomic E-state index is 11.7. The molecule has 1 aliphatic rings. The minimum absolute atomic E-state index is 0.0277. The molecule has 17 heavy (non-hydrogen) atoms. The van der Waals surface area contributed by atoms with Crippen LogP contribution in [0.3, 0.4) is 0 Å². The van der Waals surface area contributed by atoms with Crippen LogP contribution in [0.4, 0.5) is 0 Å². The number of nitrogens with zero attached hydrogens (tertiary/aromatic N) is 1. The summed E-state index contributed by atoms with van der Waals surface area (Å²) in [4.78, 5) is 3.89. The van der Waals surface area contributed by atoms with Gasteiger partial charge < -0.3 is 0 Å². The second-order valence-corrected chi connectivity index (χ2v) is 6.80. The van der Waals surface area contributed by atoms with Crippen molar-refractivity contribution in [3.63, 3.8) is 0 Å². The van der Waals surface area contributed by atoms with Crippen molar-refractivity contribution < 1.29 is 8.42 Å². The summed E-state index contributed by atoms with van der Waals surface area (Å²) in [6, 6.07) is 3.68. The standard InChI is InChI=1S/C11H15ClN2O2S/c12-10-7-11(8-10)14-17(15,16)6-3-9-1-4-13-5-2-9/h1-2,4-5,10-11,14H,3,6-8H2. The fraction of sp³-hybridized carbons (Fsp3) is 0.545. The van der Waals surface area contributed by atoms with Crippen LogP contribution in [0.5, 0.6) is 0 Å². The normalized spacial score (nSPS) is 24.3. The van der Waals surface area contributed by atoms with Gasteiger partial charge in [-0.1, -0.05) is 0 Å². The molecular weight excluding hydrogens is 260 g/mol. The summed E-state index contributed by atoms with van der Waals surface area (Å²) in [5.74, 6) is 0.112. The number of aryl methyl sites for hydroxylation is 1. The summed E-state index contributed by atoms with van der Waals surface area (Å²) in [7, 11) is -3.19. The van der Waals surface area contributed by atoms with Gasteiger partial charge in [-0.25, -0.2) is 13.1 Å². The molecule has 1 fully saturated rings. The van der Waals surface area contributed by atoms with Gasteiger partial charge in [0.1, 0.15) is 0 Å². The van der Waals surface area contributed by atoms with E-state index in [4.69, 9.17) is 11.6 Å². The second-order valence-electron chi connectivity index (χ2n) is 4.31. The number of hydrogen-bond donors (Lipinski definition) is 1. The zero-order valence-corrected chi connectivity index (χ0v) is 10.9. The Labute approximate surface area is 106 Å². The summed E-state index contributed by atoms with van der Waals surface area (Å²) in [5.41, 5.74) is 0.981. The third-order valence-corrected chi connectivity index (χ3v) is 4.63. The minimum atomic E-state index is -3.19. The van der Waals surface area contributed by atoms with Crippen molar-refractivity contribution >= 4 is 21.6 Å². The van der Waals surface area contributed by atoms with E-state index in [2.05, 4.69) is 9.71 Å². The van der Waals surface area contributed by atoms with Crippen LogP contribution < -0.4 is 4.72 Å². The van der Waals surface area contributed by atoms with E-state index < -0.39 is 10.0 Å². The van der Waals surface area contributed by atoms with Crippen LogP contribution >= 0.6 is 11.6 Å². The summed E-state index contributed by atoms with van der Waals surface area (Å²) < 4.78 is 26.2. The first-order valence-electron chi connectivity index (χ1n) is 5.58.